The molecule has 3 rings (SSSR count). The highest BCUT2D eigenvalue weighted by Gasteiger charge is 2.50. The van der Waals surface area contributed by atoms with E-state index in [2.05, 4.69) is 0 Å². The van der Waals surface area contributed by atoms with Gasteiger partial charge in [0.25, 0.3) is 0 Å². The maximum absolute atomic E-state index is 14.5. The molecule has 1 aliphatic carbocycles. The average molecular weight is 312 g/mol. The topological polar surface area (TPSA) is 40.5 Å². The van der Waals surface area contributed by atoms with Gasteiger partial charge in [0, 0.05) is 5.56 Å². The molecule has 0 spiro atoms. The van der Waals surface area contributed by atoms with Crippen LogP contribution in [0.1, 0.15) is 36.1 Å². The average Bonchev–Trinajstić information content (AvgIpc) is 2.71. The Bertz CT molecular complexity index is 771. The summed E-state index contributed by atoms with van der Waals surface area (Å²) in [6.07, 6.45) is -1.06. The lowest BCUT2D eigenvalue weighted by atomic mass is 9.98. The van der Waals surface area contributed by atoms with Crippen LogP contribution in [0.3, 0.4) is 0 Å². The van der Waals surface area contributed by atoms with Crippen LogP contribution in [0.4, 0.5) is 17.6 Å². The van der Waals surface area contributed by atoms with Gasteiger partial charge in [-0.2, -0.15) is 8.78 Å². The van der Waals surface area contributed by atoms with Crippen LogP contribution in [0.25, 0.3) is 11.1 Å². The number of aliphatic hydroxyl groups excluding tert-OH is 1. The Hall–Kier alpha value is -2.08. The number of halogens is 4. The van der Waals surface area contributed by atoms with Crippen molar-refractivity contribution in [3.63, 3.8) is 0 Å². The fourth-order valence-corrected chi connectivity index (χ4v) is 2.82. The number of hydrogen-bond acceptors (Lipinski definition) is 2. The van der Waals surface area contributed by atoms with Gasteiger partial charge in [0.05, 0.1) is 17.2 Å². The van der Waals surface area contributed by atoms with Crippen LogP contribution >= 0.6 is 0 Å². The maximum atomic E-state index is 14.5. The van der Waals surface area contributed by atoms with E-state index in [0.717, 1.165) is 12.1 Å². The molecule has 2 N–H and O–H groups in total. The second-order valence-corrected chi connectivity index (χ2v) is 5.21. The Labute approximate surface area is 123 Å². The summed E-state index contributed by atoms with van der Waals surface area (Å²) in [6, 6.07) is 4.54. The molecule has 1 atom stereocenters. The highest BCUT2D eigenvalue weighted by molar-refractivity contribution is 5.81. The second-order valence-electron chi connectivity index (χ2n) is 5.21. The predicted molar refractivity (Wildman–Crippen MR) is 71.7 cm³/mol. The Morgan fingerprint density at radius 3 is 2.14 bits per heavy atom. The molecule has 0 saturated heterocycles. The molecule has 2 aromatic carbocycles. The lowest BCUT2D eigenvalue weighted by Gasteiger charge is -2.17. The normalized spacial score (nSPS) is 16.3. The molecule has 0 aliphatic heterocycles. The monoisotopic (exact) mass is 312 g/mol. The molecule has 0 saturated carbocycles. The van der Waals surface area contributed by atoms with Crippen molar-refractivity contribution in [3.05, 3.63) is 52.6 Å². The molecule has 0 amide bonds. The highest BCUT2D eigenvalue weighted by Crippen LogP contribution is 2.54. The first-order chi connectivity index (χ1) is 10.3. The number of phenols is 1. The Morgan fingerprint density at radius 2 is 1.55 bits per heavy atom. The summed E-state index contributed by atoms with van der Waals surface area (Å²) in [7, 11) is 0. The van der Waals surface area contributed by atoms with Gasteiger partial charge >= 0.3 is 5.92 Å². The quantitative estimate of drug-likeness (QED) is 0.815. The minimum absolute atomic E-state index is 0.136. The lowest BCUT2D eigenvalue weighted by Crippen LogP contribution is -2.16. The van der Waals surface area contributed by atoms with Crippen molar-refractivity contribution < 1.29 is 27.8 Å². The first-order valence-corrected chi connectivity index (χ1v) is 6.71. The van der Waals surface area contributed by atoms with E-state index < -0.39 is 40.5 Å². The second kappa shape index (κ2) is 4.71. The third kappa shape index (κ3) is 1.76. The molecule has 1 aliphatic rings. The van der Waals surface area contributed by atoms with Crippen LogP contribution < -0.4 is 0 Å². The van der Waals surface area contributed by atoms with Gasteiger partial charge < -0.3 is 10.2 Å². The van der Waals surface area contributed by atoms with Gasteiger partial charge in [-0.25, -0.2) is 8.78 Å². The largest absolute Gasteiger partial charge is 0.505 e. The number of fused-ring (bicyclic) bond motifs is 3. The number of aliphatic hydroxyl groups is 1. The Balaban J connectivity index is 2.34. The van der Waals surface area contributed by atoms with Crippen LogP contribution in [-0.2, 0) is 5.92 Å². The van der Waals surface area contributed by atoms with Gasteiger partial charge in [-0.3, -0.25) is 0 Å². The standard InChI is InChI=1S/C16H12F4O2/c1-2-10(21)9-4-3-7-8-5-6-11(22)15(18)13(8)16(19,20)12(7)14(9)17/h3-6,10,21-22H,2H2,1H3. The molecule has 6 heteroatoms. The molecule has 0 radical (unpaired) electrons. The van der Waals surface area contributed by atoms with Crippen molar-refractivity contribution in [2.45, 2.75) is 25.4 Å². The van der Waals surface area contributed by atoms with Crippen LogP contribution in [0, 0.1) is 11.6 Å². The minimum atomic E-state index is -3.92. The van der Waals surface area contributed by atoms with E-state index in [1.807, 2.05) is 0 Å². The first kappa shape index (κ1) is 14.8. The van der Waals surface area contributed by atoms with Gasteiger partial charge in [0.2, 0.25) is 0 Å². The summed E-state index contributed by atoms with van der Waals surface area (Å²) < 4.78 is 57.4. The SMILES string of the molecule is CCC(O)c1ccc2c(c1F)C(F)(F)c1c-2ccc(O)c1F. The summed E-state index contributed by atoms with van der Waals surface area (Å²) >= 11 is 0. The molecule has 0 heterocycles. The molecule has 116 valence electrons. The van der Waals surface area contributed by atoms with Gasteiger partial charge in [-0.1, -0.05) is 19.1 Å². The zero-order valence-corrected chi connectivity index (χ0v) is 11.5. The molecule has 22 heavy (non-hydrogen) atoms. The summed E-state index contributed by atoms with van der Waals surface area (Å²) in [5, 5.41) is 19.0. The summed E-state index contributed by atoms with van der Waals surface area (Å²) in [6.45, 7) is 1.59. The van der Waals surface area contributed by atoms with Gasteiger partial charge in [-0.15, -0.1) is 0 Å². The number of hydrogen-bond donors (Lipinski definition) is 2. The predicted octanol–water partition coefficient (Wildman–Crippen LogP) is 4.23. The molecular weight excluding hydrogens is 300 g/mol. The third-order valence-electron chi connectivity index (χ3n) is 3.96. The number of benzene rings is 2. The van der Waals surface area contributed by atoms with Crippen LogP contribution in [0.2, 0.25) is 0 Å². The van der Waals surface area contributed by atoms with Crippen molar-refractivity contribution in [3.8, 4) is 16.9 Å². The molecule has 1 unspecified atom stereocenters. The highest BCUT2D eigenvalue weighted by atomic mass is 19.3. The fraction of sp³-hybridized carbons (Fsp3) is 0.250. The molecular formula is C16H12F4O2. The number of phenolic OH excluding ortho intramolecular Hbond substituents is 1. The van der Waals surface area contributed by atoms with E-state index in [1.165, 1.54) is 12.1 Å². The smallest absolute Gasteiger partial charge is 0.305 e. The fourth-order valence-electron chi connectivity index (χ4n) is 2.82. The minimum Gasteiger partial charge on any atom is -0.505 e. The molecule has 0 fully saturated rings. The maximum Gasteiger partial charge on any atom is 0.305 e. The van der Waals surface area contributed by atoms with E-state index in [1.54, 1.807) is 6.92 Å². The van der Waals surface area contributed by atoms with E-state index >= 15 is 0 Å². The van der Waals surface area contributed by atoms with E-state index in [9.17, 15) is 27.8 Å². The Kier molecular flexibility index (Phi) is 3.18. The third-order valence-corrected chi connectivity index (χ3v) is 3.96. The van der Waals surface area contributed by atoms with E-state index in [4.69, 9.17) is 0 Å². The zero-order valence-electron chi connectivity index (χ0n) is 11.5. The summed E-state index contributed by atoms with van der Waals surface area (Å²) in [5.74, 6) is -7.54. The number of rotatable bonds is 2. The van der Waals surface area contributed by atoms with Gasteiger partial charge in [0.1, 0.15) is 5.82 Å². The zero-order chi connectivity index (χ0) is 16.2. The van der Waals surface area contributed by atoms with Crippen LogP contribution in [0.15, 0.2) is 24.3 Å². The van der Waals surface area contributed by atoms with E-state index in [-0.39, 0.29) is 23.1 Å². The molecule has 0 aromatic heterocycles. The number of alkyl halides is 2. The van der Waals surface area contributed by atoms with Gasteiger partial charge in [-0.05, 0) is 29.7 Å². The molecule has 2 aromatic rings. The lowest BCUT2D eigenvalue weighted by molar-refractivity contribution is 0.0392. The first-order valence-electron chi connectivity index (χ1n) is 6.71. The van der Waals surface area contributed by atoms with Crippen molar-refractivity contribution in [1.82, 2.24) is 0 Å². The van der Waals surface area contributed by atoms with Gasteiger partial charge in [0.15, 0.2) is 11.6 Å². The van der Waals surface area contributed by atoms with Crippen molar-refractivity contribution in [2.75, 3.05) is 0 Å². The number of aromatic hydroxyl groups is 1. The van der Waals surface area contributed by atoms with Crippen molar-refractivity contribution in [1.29, 1.82) is 0 Å². The summed E-state index contributed by atoms with van der Waals surface area (Å²) in [5.41, 5.74) is -2.55. The van der Waals surface area contributed by atoms with E-state index in [0.29, 0.717) is 0 Å². The van der Waals surface area contributed by atoms with Crippen molar-refractivity contribution >= 4 is 0 Å². The van der Waals surface area contributed by atoms with Crippen LogP contribution in [-0.4, -0.2) is 10.2 Å². The summed E-state index contributed by atoms with van der Waals surface area (Å²) in [4.78, 5) is 0. The van der Waals surface area contributed by atoms with Crippen LogP contribution in [0.5, 0.6) is 5.75 Å². The van der Waals surface area contributed by atoms with Crippen molar-refractivity contribution in [2.24, 2.45) is 0 Å². The Morgan fingerprint density at radius 1 is 1.00 bits per heavy atom. The molecule has 0 bridgehead atoms. The molecule has 2 nitrogen and oxygen atoms in total.